The van der Waals surface area contributed by atoms with E-state index in [1.165, 1.54) is 60.7 Å². The Bertz CT molecular complexity index is 1120. The zero-order valence-corrected chi connectivity index (χ0v) is 19.5. The van der Waals surface area contributed by atoms with Crippen molar-refractivity contribution in [2.24, 2.45) is 0 Å². The Kier molecular flexibility index (Phi) is 8.40. The van der Waals surface area contributed by atoms with Gasteiger partial charge in [0.2, 0.25) is 0 Å². The molecule has 0 aliphatic rings. The van der Waals surface area contributed by atoms with E-state index >= 15 is 0 Å². The van der Waals surface area contributed by atoms with E-state index in [-0.39, 0.29) is 32.4 Å². The molecule has 2 aromatic carbocycles. The van der Waals surface area contributed by atoms with Gasteiger partial charge in [0.15, 0.2) is 25.5 Å². The minimum Gasteiger partial charge on any atom is -0.512 e. The summed E-state index contributed by atoms with van der Waals surface area (Å²) in [6.45, 7) is 3.55. The number of carbonyl (C=O) groups excluding carboxylic acids is 1. The number of hydrogen-bond acceptors (Lipinski definition) is 7. The number of carbonyl (C=O) groups is 1. The average Bonchev–Trinajstić information content (AvgIpc) is 2.73. The molecule has 7 nitrogen and oxygen atoms in total. The lowest BCUT2D eigenvalue weighted by atomic mass is 10.0. The third-order valence-corrected chi connectivity index (χ3v) is 7.84. The molecule has 9 heteroatoms. The molecule has 0 aliphatic carbocycles. The standard InChI is InChI=1S/C23H26O7S2/c1-3-5-19(24)15-31(27,28)21-11-7-17(8-12-21)23(26)18-9-13-22(14-10-18)32(29,30)16-20(25)6-4-2/h5-14,24-25H,3-4,15-16H2,1-2H3. The molecular weight excluding hydrogens is 452 g/mol. The molecule has 0 heterocycles. The summed E-state index contributed by atoms with van der Waals surface area (Å²) in [4.78, 5) is 12.7. The van der Waals surface area contributed by atoms with Gasteiger partial charge in [-0.2, -0.15) is 0 Å². The van der Waals surface area contributed by atoms with Crippen molar-refractivity contribution >= 4 is 25.5 Å². The molecular formula is C23H26O7S2. The molecule has 2 N–H and O–H groups in total. The van der Waals surface area contributed by atoms with Gasteiger partial charge in [-0.25, -0.2) is 16.8 Å². The first kappa shape index (κ1) is 25.4. The van der Waals surface area contributed by atoms with Gasteiger partial charge in [-0.1, -0.05) is 13.8 Å². The molecule has 0 saturated heterocycles. The molecule has 0 aromatic heterocycles. The van der Waals surface area contributed by atoms with Gasteiger partial charge in [-0.3, -0.25) is 4.79 Å². The highest BCUT2D eigenvalue weighted by atomic mass is 32.2. The van der Waals surface area contributed by atoms with Crippen LogP contribution in [0.3, 0.4) is 0 Å². The van der Waals surface area contributed by atoms with Crippen molar-refractivity contribution in [2.75, 3.05) is 11.5 Å². The summed E-state index contributed by atoms with van der Waals surface area (Å²) >= 11 is 0. The zero-order chi connectivity index (χ0) is 23.9. The average molecular weight is 479 g/mol. The van der Waals surface area contributed by atoms with Crippen molar-refractivity contribution in [1.82, 2.24) is 0 Å². The molecule has 172 valence electrons. The van der Waals surface area contributed by atoms with Crippen LogP contribution in [-0.4, -0.2) is 44.3 Å². The van der Waals surface area contributed by atoms with Gasteiger partial charge in [-0.05, 0) is 73.5 Å². The Morgan fingerprint density at radius 3 is 1.28 bits per heavy atom. The molecule has 0 spiro atoms. The quantitative estimate of drug-likeness (QED) is 0.388. The highest BCUT2D eigenvalue weighted by Crippen LogP contribution is 2.19. The molecule has 0 atom stereocenters. The second kappa shape index (κ2) is 10.6. The van der Waals surface area contributed by atoms with E-state index < -0.39 is 37.0 Å². The van der Waals surface area contributed by atoms with Gasteiger partial charge in [0.1, 0.15) is 23.0 Å². The van der Waals surface area contributed by atoms with Crippen LogP contribution in [-0.2, 0) is 19.7 Å². The van der Waals surface area contributed by atoms with E-state index in [0.29, 0.717) is 12.8 Å². The molecule has 0 radical (unpaired) electrons. The number of aliphatic hydroxyl groups is 2. The van der Waals surface area contributed by atoms with E-state index in [2.05, 4.69) is 0 Å². The third-order valence-electron chi connectivity index (χ3n) is 4.51. The number of sulfone groups is 2. The van der Waals surface area contributed by atoms with Crippen molar-refractivity contribution in [1.29, 1.82) is 0 Å². The predicted molar refractivity (Wildman–Crippen MR) is 122 cm³/mol. The minimum atomic E-state index is -3.75. The van der Waals surface area contributed by atoms with E-state index in [1.54, 1.807) is 13.8 Å². The van der Waals surface area contributed by atoms with Gasteiger partial charge >= 0.3 is 0 Å². The first-order valence-corrected chi connectivity index (χ1v) is 13.3. The van der Waals surface area contributed by atoms with Gasteiger partial charge in [0.25, 0.3) is 0 Å². The number of ketones is 1. The van der Waals surface area contributed by atoms with Crippen LogP contribution in [0.25, 0.3) is 0 Å². The fraction of sp³-hybridized carbons (Fsp3) is 0.261. The summed E-state index contributed by atoms with van der Waals surface area (Å²) in [6.07, 6.45) is 3.85. The maximum absolute atomic E-state index is 12.7. The number of benzene rings is 2. The van der Waals surface area contributed by atoms with Gasteiger partial charge in [0, 0.05) is 11.1 Å². The topological polar surface area (TPSA) is 126 Å². The number of hydrogen-bond donors (Lipinski definition) is 2. The second-order valence-corrected chi connectivity index (χ2v) is 11.1. The van der Waals surface area contributed by atoms with Crippen molar-refractivity contribution in [3.63, 3.8) is 0 Å². The van der Waals surface area contributed by atoms with E-state index in [0.717, 1.165) is 0 Å². The van der Waals surface area contributed by atoms with Crippen LogP contribution in [0.4, 0.5) is 0 Å². The van der Waals surface area contributed by atoms with Crippen LogP contribution in [0.1, 0.15) is 42.6 Å². The molecule has 0 unspecified atom stereocenters. The zero-order valence-electron chi connectivity index (χ0n) is 17.9. The van der Waals surface area contributed by atoms with Crippen LogP contribution in [0.15, 0.2) is 82.0 Å². The van der Waals surface area contributed by atoms with E-state index in [1.807, 2.05) is 0 Å². The third kappa shape index (κ3) is 6.54. The Hall–Kier alpha value is -2.91. The first-order valence-electron chi connectivity index (χ1n) is 9.96. The van der Waals surface area contributed by atoms with Crippen LogP contribution < -0.4 is 0 Å². The van der Waals surface area contributed by atoms with Crippen LogP contribution in [0.5, 0.6) is 0 Å². The highest BCUT2D eigenvalue weighted by molar-refractivity contribution is 7.91. The fourth-order valence-corrected chi connectivity index (χ4v) is 5.39. The van der Waals surface area contributed by atoms with Crippen LogP contribution in [0, 0.1) is 0 Å². The minimum absolute atomic E-state index is 0.0218. The van der Waals surface area contributed by atoms with Gasteiger partial charge in [-0.15, -0.1) is 0 Å². The summed E-state index contributed by atoms with van der Waals surface area (Å²) in [5, 5.41) is 19.3. The molecule has 0 amide bonds. The lowest BCUT2D eigenvalue weighted by molar-refractivity contribution is 0.103. The van der Waals surface area contributed by atoms with Crippen molar-refractivity contribution in [3.05, 3.63) is 83.3 Å². The molecule has 2 rings (SSSR count). The van der Waals surface area contributed by atoms with Crippen molar-refractivity contribution < 1.29 is 31.8 Å². The summed E-state index contributed by atoms with van der Waals surface area (Å²) in [7, 11) is -7.49. The number of allylic oxidation sites excluding steroid dienone is 2. The smallest absolute Gasteiger partial charge is 0.193 e. The maximum Gasteiger partial charge on any atom is 0.193 e. The van der Waals surface area contributed by atoms with E-state index in [9.17, 15) is 31.8 Å². The Balaban J connectivity index is 2.20. The lowest BCUT2D eigenvalue weighted by Crippen LogP contribution is -2.10. The van der Waals surface area contributed by atoms with Gasteiger partial charge in [0.05, 0.1) is 9.79 Å². The monoisotopic (exact) mass is 478 g/mol. The summed E-state index contributed by atoms with van der Waals surface area (Å²) in [5.74, 6) is -1.91. The van der Waals surface area contributed by atoms with Crippen LogP contribution >= 0.6 is 0 Å². The van der Waals surface area contributed by atoms with Crippen molar-refractivity contribution in [3.8, 4) is 0 Å². The van der Waals surface area contributed by atoms with Crippen LogP contribution in [0.2, 0.25) is 0 Å². The fourth-order valence-electron chi connectivity index (χ4n) is 2.94. The molecule has 0 bridgehead atoms. The summed E-state index contributed by atoms with van der Waals surface area (Å²) < 4.78 is 49.4. The Morgan fingerprint density at radius 2 is 1.00 bits per heavy atom. The Labute approximate surface area is 188 Å². The maximum atomic E-state index is 12.7. The van der Waals surface area contributed by atoms with Gasteiger partial charge < -0.3 is 10.2 Å². The lowest BCUT2D eigenvalue weighted by Gasteiger charge is -2.07. The largest absolute Gasteiger partial charge is 0.512 e. The molecule has 0 fully saturated rings. The number of rotatable bonds is 10. The predicted octanol–water partition coefficient (Wildman–Crippen LogP) is 4.17. The summed E-state index contributed by atoms with van der Waals surface area (Å²) in [6, 6.07) is 10.7. The number of aliphatic hydroxyl groups excluding tert-OH is 2. The Morgan fingerprint density at radius 1 is 0.688 bits per heavy atom. The molecule has 2 aromatic rings. The SMILES string of the molecule is CCC=C(O)CS(=O)(=O)c1ccc(C(=O)c2ccc(S(=O)(=O)CC(O)=CCC)cc2)cc1. The van der Waals surface area contributed by atoms with E-state index in [4.69, 9.17) is 0 Å². The van der Waals surface area contributed by atoms with Crippen molar-refractivity contribution in [2.45, 2.75) is 36.5 Å². The highest BCUT2D eigenvalue weighted by Gasteiger charge is 2.19. The molecule has 0 aliphatic heterocycles. The normalized spacial score (nSPS) is 13.2. The first-order chi connectivity index (χ1) is 15.0. The summed E-state index contributed by atoms with van der Waals surface area (Å²) in [5.41, 5.74) is 0.466. The molecule has 0 saturated carbocycles. The molecule has 32 heavy (non-hydrogen) atoms. The second-order valence-electron chi connectivity index (χ2n) is 7.10.